The van der Waals surface area contributed by atoms with Gasteiger partial charge in [0, 0.05) is 6.42 Å². The molecule has 0 aromatic carbocycles. The Morgan fingerprint density at radius 3 is 1.67 bits per heavy atom. The van der Waals surface area contributed by atoms with Crippen LogP contribution in [-0.4, -0.2) is 47.3 Å². The van der Waals surface area contributed by atoms with E-state index in [1.165, 1.54) is 0 Å². The molecular weight excluding hydrogens is 254 g/mol. The molecule has 11 heteroatoms. The third-order valence-electron chi connectivity index (χ3n) is 1.51. The molecule has 0 aliphatic carbocycles. The lowest BCUT2D eigenvalue weighted by Crippen LogP contribution is -2.26. The van der Waals surface area contributed by atoms with E-state index in [1.807, 2.05) is 0 Å². The van der Waals surface area contributed by atoms with Gasteiger partial charge in [0.1, 0.15) is 0 Å². The van der Waals surface area contributed by atoms with Crippen LogP contribution in [0.25, 0.3) is 0 Å². The summed E-state index contributed by atoms with van der Waals surface area (Å²) in [5.74, 6) is -4.35. The van der Waals surface area contributed by atoms with E-state index in [9.17, 15) is 13.9 Å². The number of aliphatic hydroxyl groups is 1. The van der Waals surface area contributed by atoms with Crippen LogP contribution < -0.4 is 0 Å². The normalized spacial score (nSPS) is 17.1. The molecule has 0 aromatic rings. The average molecular weight is 264 g/mol. The Labute approximate surface area is 83.7 Å². The van der Waals surface area contributed by atoms with Crippen molar-refractivity contribution in [1.82, 2.24) is 0 Å². The van der Waals surface area contributed by atoms with Gasteiger partial charge in [-0.15, -0.1) is 0 Å². The van der Waals surface area contributed by atoms with Crippen molar-refractivity contribution in [3.63, 3.8) is 0 Å². The van der Waals surface area contributed by atoms with E-state index in [-0.39, 0.29) is 0 Å². The van der Waals surface area contributed by atoms with Gasteiger partial charge in [0.25, 0.3) is 0 Å². The lowest BCUT2D eigenvalue weighted by Gasteiger charge is -2.18. The minimum absolute atomic E-state index is 1.22. The Kier molecular flexibility index (Phi) is 4.63. The first-order chi connectivity index (χ1) is 6.46. The fraction of sp³-hybridized carbons (Fsp3) is 0.750. The molecule has 6 N–H and O–H groups in total. The van der Waals surface area contributed by atoms with Crippen molar-refractivity contribution in [2.24, 2.45) is 0 Å². The molecule has 0 aromatic heterocycles. The van der Waals surface area contributed by atoms with Crippen LogP contribution >= 0.6 is 15.2 Å². The monoisotopic (exact) mass is 264 g/mol. The highest BCUT2D eigenvalue weighted by molar-refractivity contribution is 7.54. The predicted molar refractivity (Wildman–Crippen MR) is 46.1 cm³/mol. The second-order valence-corrected chi connectivity index (χ2v) is 6.32. The number of hydrogen-bond acceptors (Lipinski definition) is 4. The summed E-state index contributed by atoms with van der Waals surface area (Å²) >= 11 is 0. The first kappa shape index (κ1) is 14.7. The maximum atomic E-state index is 10.6. The minimum Gasteiger partial charge on any atom is -0.481 e. The molecule has 0 rings (SSSR count). The Morgan fingerprint density at radius 1 is 1.07 bits per heavy atom. The zero-order chi connectivity index (χ0) is 12.4. The van der Waals surface area contributed by atoms with Crippen molar-refractivity contribution < 1.29 is 43.7 Å². The lowest BCUT2D eigenvalue weighted by atomic mass is 10.3. The summed E-state index contributed by atoms with van der Waals surface area (Å²) in [4.78, 5) is 44.2. The molecule has 0 radical (unpaired) electrons. The molecule has 2 atom stereocenters. The Hall–Kier alpha value is -0.270. The topological polar surface area (TPSA) is 173 Å². The van der Waals surface area contributed by atoms with Crippen LogP contribution in [0.4, 0.5) is 0 Å². The first-order valence-electron chi connectivity index (χ1n) is 3.47. The van der Waals surface area contributed by atoms with Gasteiger partial charge in [-0.3, -0.25) is 13.9 Å². The number of carboxylic acids is 1. The summed E-state index contributed by atoms with van der Waals surface area (Å²) in [5.41, 5.74) is -2.33. The van der Waals surface area contributed by atoms with E-state index in [2.05, 4.69) is 0 Å². The van der Waals surface area contributed by atoms with Crippen molar-refractivity contribution >= 4 is 21.2 Å². The van der Waals surface area contributed by atoms with Crippen LogP contribution in [0, 0.1) is 0 Å². The fourth-order valence-corrected chi connectivity index (χ4v) is 2.13. The highest BCUT2D eigenvalue weighted by atomic mass is 31.2. The Morgan fingerprint density at radius 2 is 1.47 bits per heavy atom. The van der Waals surface area contributed by atoms with Crippen molar-refractivity contribution in [1.29, 1.82) is 0 Å². The van der Waals surface area contributed by atoms with E-state index >= 15 is 0 Å². The Bertz CT molecular complexity index is 325. The number of rotatable bonds is 5. The molecule has 15 heavy (non-hydrogen) atoms. The zero-order valence-corrected chi connectivity index (χ0v) is 8.95. The van der Waals surface area contributed by atoms with Crippen LogP contribution in [0.1, 0.15) is 6.42 Å². The lowest BCUT2D eigenvalue weighted by molar-refractivity contribution is -0.137. The van der Waals surface area contributed by atoms with E-state index in [0.29, 0.717) is 0 Å². The van der Waals surface area contributed by atoms with Crippen molar-refractivity contribution in [2.75, 3.05) is 0 Å². The van der Waals surface area contributed by atoms with Gasteiger partial charge in [-0.05, 0) is 0 Å². The largest absolute Gasteiger partial charge is 0.481 e. The van der Waals surface area contributed by atoms with Gasteiger partial charge in [0.2, 0.25) is 0 Å². The molecular formula is C4H10O9P2. The van der Waals surface area contributed by atoms with Crippen LogP contribution in [0.2, 0.25) is 0 Å². The number of hydrogen-bond donors (Lipinski definition) is 6. The molecule has 90 valence electrons. The van der Waals surface area contributed by atoms with Gasteiger partial charge >= 0.3 is 21.2 Å². The fourth-order valence-electron chi connectivity index (χ4n) is 0.719. The quantitative estimate of drug-likeness (QED) is 0.323. The van der Waals surface area contributed by atoms with Crippen molar-refractivity contribution in [3.8, 4) is 0 Å². The third kappa shape index (κ3) is 4.85. The summed E-state index contributed by atoms with van der Waals surface area (Å²) in [5, 5.41) is 17.2. The smallest absolute Gasteiger partial charge is 0.353 e. The van der Waals surface area contributed by atoms with Crippen molar-refractivity contribution in [3.05, 3.63) is 0 Å². The van der Waals surface area contributed by atoms with Gasteiger partial charge in [0.15, 0.2) is 11.5 Å². The maximum Gasteiger partial charge on any atom is 0.353 e. The minimum atomic E-state index is -5.06. The molecule has 0 aliphatic heterocycles. The average Bonchev–Trinajstić information content (AvgIpc) is 1.94. The second-order valence-electron chi connectivity index (χ2n) is 2.75. The molecule has 0 saturated carbocycles. The van der Waals surface area contributed by atoms with Gasteiger partial charge < -0.3 is 29.8 Å². The highest BCUT2D eigenvalue weighted by Gasteiger charge is 2.41. The molecule has 0 fully saturated rings. The van der Waals surface area contributed by atoms with Crippen LogP contribution in [-0.2, 0) is 13.9 Å². The number of aliphatic hydroxyl groups excluding tert-OH is 1. The molecule has 9 nitrogen and oxygen atoms in total. The maximum absolute atomic E-state index is 10.6. The molecule has 0 bridgehead atoms. The zero-order valence-electron chi connectivity index (χ0n) is 7.16. The Balaban J connectivity index is 4.81. The number of carboxylic acid groups (broad SMARTS) is 1. The van der Waals surface area contributed by atoms with E-state index in [0.717, 1.165) is 0 Å². The molecule has 0 spiro atoms. The number of carbonyl (C=O) groups is 1. The van der Waals surface area contributed by atoms with Crippen molar-refractivity contribution in [2.45, 2.75) is 17.9 Å². The number of aliphatic carboxylic acids is 1. The summed E-state index contributed by atoms with van der Waals surface area (Å²) in [6.45, 7) is 0. The predicted octanol–water partition coefficient (Wildman–Crippen LogP) is -1.50. The highest BCUT2D eigenvalue weighted by Crippen LogP contribution is 2.49. The van der Waals surface area contributed by atoms with Crippen LogP contribution in [0.15, 0.2) is 0 Å². The first-order valence-corrected chi connectivity index (χ1v) is 6.84. The van der Waals surface area contributed by atoms with E-state index < -0.39 is 39.1 Å². The summed E-state index contributed by atoms with van der Waals surface area (Å²) in [6, 6.07) is 0. The summed E-state index contributed by atoms with van der Waals surface area (Å²) in [6.07, 6.45) is -1.22. The standard InChI is InChI=1S/C4H10O9P2/c5-3(15(11,12)13)1-2(4(6)7)14(8,9)10/h2-3,5H,1H2,(H,6,7)(H2,8,9,10)(H2,11,12,13). The van der Waals surface area contributed by atoms with Crippen LogP contribution in [0.3, 0.4) is 0 Å². The van der Waals surface area contributed by atoms with Gasteiger partial charge in [-0.2, -0.15) is 0 Å². The van der Waals surface area contributed by atoms with Crippen LogP contribution in [0.5, 0.6) is 0 Å². The van der Waals surface area contributed by atoms with E-state index in [4.69, 9.17) is 29.8 Å². The van der Waals surface area contributed by atoms with Gasteiger partial charge in [-0.25, -0.2) is 0 Å². The molecule has 0 amide bonds. The second kappa shape index (κ2) is 4.71. The molecule has 0 heterocycles. The van der Waals surface area contributed by atoms with Gasteiger partial charge in [-0.1, -0.05) is 0 Å². The van der Waals surface area contributed by atoms with E-state index in [1.54, 1.807) is 0 Å². The molecule has 2 unspecified atom stereocenters. The van der Waals surface area contributed by atoms with Gasteiger partial charge in [0.05, 0.1) is 0 Å². The molecule has 0 aliphatic rings. The summed E-state index contributed by atoms with van der Waals surface area (Å²) in [7, 11) is -10.0. The summed E-state index contributed by atoms with van der Waals surface area (Å²) < 4.78 is 21.0. The third-order valence-corrected chi connectivity index (χ3v) is 3.74. The SMILES string of the molecule is O=C(O)C(CC(O)P(=O)(O)O)P(=O)(O)O. The molecule has 0 saturated heterocycles.